The molecule has 37 heavy (non-hydrogen) atoms. The molecule has 0 spiro atoms. The van der Waals surface area contributed by atoms with Crippen LogP contribution in [-0.4, -0.2) is 81.8 Å². The summed E-state index contributed by atoms with van der Waals surface area (Å²) in [6, 6.07) is 7.74. The molecule has 2 unspecified atom stereocenters. The predicted octanol–water partition coefficient (Wildman–Crippen LogP) is 3.14. The molecular formula is C28H34N2O7. The van der Waals surface area contributed by atoms with Crippen LogP contribution in [0.15, 0.2) is 24.3 Å². The lowest BCUT2D eigenvalue weighted by Crippen LogP contribution is -2.45. The Balaban J connectivity index is 1.53. The number of hydrogen-bond acceptors (Lipinski definition) is 9. The molecule has 3 aliphatic heterocycles. The van der Waals surface area contributed by atoms with Gasteiger partial charge in [0.2, 0.25) is 12.5 Å². The number of likely N-dealkylation sites (tertiary alicyclic amines) is 1. The molecule has 1 N–H and O–H groups in total. The lowest BCUT2D eigenvalue weighted by Gasteiger charge is -2.41. The summed E-state index contributed by atoms with van der Waals surface area (Å²) in [5, 5.41) is 10.6. The Morgan fingerprint density at radius 3 is 2.38 bits per heavy atom. The maximum absolute atomic E-state index is 13.7. The molecule has 3 heterocycles. The average Bonchev–Trinajstić information content (AvgIpc) is 3.43. The molecule has 5 atom stereocenters. The summed E-state index contributed by atoms with van der Waals surface area (Å²) < 4.78 is 28.7. The van der Waals surface area contributed by atoms with Gasteiger partial charge in [-0.05, 0) is 73.8 Å². The molecule has 0 bridgehead atoms. The van der Waals surface area contributed by atoms with Crippen LogP contribution in [0.25, 0.3) is 0 Å². The lowest BCUT2D eigenvalue weighted by molar-refractivity contribution is -0.151. The van der Waals surface area contributed by atoms with Gasteiger partial charge in [0.25, 0.3) is 0 Å². The normalized spacial score (nSPS) is 27.9. The molecule has 2 fully saturated rings. The van der Waals surface area contributed by atoms with E-state index in [1.807, 2.05) is 6.07 Å². The van der Waals surface area contributed by atoms with Gasteiger partial charge in [-0.3, -0.25) is 9.69 Å². The van der Waals surface area contributed by atoms with Crippen molar-refractivity contribution in [2.24, 2.45) is 11.8 Å². The Kier molecular flexibility index (Phi) is 6.07. The van der Waals surface area contributed by atoms with E-state index in [1.54, 1.807) is 12.1 Å². The quantitative estimate of drug-likeness (QED) is 0.589. The fraction of sp³-hybridized carbons (Fsp3) is 0.536. The van der Waals surface area contributed by atoms with Crippen LogP contribution in [0.1, 0.15) is 41.4 Å². The fourth-order valence-electron chi connectivity index (χ4n) is 6.74. The largest absolute Gasteiger partial charge is 0.502 e. The first-order chi connectivity index (χ1) is 17.9. The van der Waals surface area contributed by atoms with Gasteiger partial charge in [0.1, 0.15) is 0 Å². The summed E-state index contributed by atoms with van der Waals surface area (Å²) in [6.45, 7) is 2.79. The van der Waals surface area contributed by atoms with Crippen LogP contribution >= 0.6 is 0 Å². The molecule has 9 nitrogen and oxygen atoms in total. The van der Waals surface area contributed by atoms with Crippen molar-refractivity contribution in [3.63, 3.8) is 0 Å². The van der Waals surface area contributed by atoms with Gasteiger partial charge in [0.05, 0.1) is 20.1 Å². The Labute approximate surface area is 216 Å². The summed E-state index contributed by atoms with van der Waals surface area (Å²) in [4.78, 5) is 18.2. The van der Waals surface area contributed by atoms with Crippen molar-refractivity contribution in [1.82, 2.24) is 9.80 Å². The number of nitrogens with zero attached hydrogens (tertiary/aromatic N) is 2. The summed E-state index contributed by atoms with van der Waals surface area (Å²) >= 11 is 0. The third kappa shape index (κ3) is 3.87. The number of hydrogen-bond donors (Lipinski definition) is 1. The van der Waals surface area contributed by atoms with Gasteiger partial charge in [-0.15, -0.1) is 0 Å². The molecule has 2 saturated heterocycles. The number of carbonyl (C=O) groups excluding carboxylic acids is 1. The fourth-order valence-corrected chi connectivity index (χ4v) is 6.74. The SMILES string of the molecule is COc1cc(C2c3cc4c(cc3[C@H]3CCCN(CCN(C)C)C5OC(=O)[C@H]2[C@H]53)OCO4)cc(OC)c1O. The van der Waals surface area contributed by atoms with Crippen LogP contribution in [0.4, 0.5) is 0 Å². The summed E-state index contributed by atoms with van der Waals surface area (Å²) in [6.07, 6.45) is 1.70. The van der Waals surface area contributed by atoms with Crippen molar-refractivity contribution < 1.29 is 33.6 Å². The molecule has 9 heteroatoms. The maximum atomic E-state index is 13.7. The van der Waals surface area contributed by atoms with Crippen LogP contribution in [0.3, 0.4) is 0 Å². The minimum Gasteiger partial charge on any atom is -0.502 e. The van der Waals surface area contributed by atoms with Crippen LogP contribution in [0.5, 0.6) is 28.7 Å². The highest BCUT2D eigenvalue weighted by Gasteiger charge is 2.58. The molecule has 1 aliphatic carbocycles. The minimum atomic E-state index is -0.387. The number of ether oxygens (including phenoxy) is 5. The first-order valence-electron chi connectivity index (χ1n) is 12.9. The van der Waals surface area contributed by atoms with Crippen molar-refractivity contribution in [1.29, 1.82) is 0 Å². The first-order valence-corrected chi connectivity index (χ1v) is 12.9. The van der Waals surface area contributed by atoms with Crippen LogP contribution in [0.2, 0.25) is 0 Å². The third-order valence-electron chi connectivity index (χ3n) is 8.41. The molecule has 198 valence electrons. The molecule has 0 saturated carbocycles. The number of rotatable bonds is 6. The molecule has 0 radical (unpaired) electrons. The van der Waals surface area contributed by atoms with E-state index in [4.69, 9.17) is 23.7 Å². The molecule has 2 aromatic rings. The Bertz CT molecular complexity index is 1190. The smallest absolute Gasteiger partial charge is 0.311 e. The second kappa shape index (κ2) is 9.29. The predicted molar refractivity (Wildman–Crippen MR) is 135 cm³/mol. The van der Waals surface area contributed by atoms with E-state index in [9.17, 15) is 9.90 Å². The van der Waals surface area contributed by atoms with E-state index in [1.165, 1.54) is 19.8 Å². The number of fused-ring (bicyclic) bond motifs is 3. The van der Waals surface area contributed by atoms with Crippen LogP contribution in [-0.2, 0) is 9.53 Å². The van der Waals surface area contributed by atoms with Gasteiger partial charge in [-0.2, -0.15) is 0 Å². The number of benzene rings is 2. The topological polar surface area (TPSA) is 89.9 Å². The molecule has 0 amide bonds. The first kappa shape index (κ1) is 24.2. The van der Waals surface area contributed by atoms with E-state index in [0.29, 0.717) is 17.2 Å². The van der Waals surface area contributed by atoms with Crippen molar-refractivity contribution in [3.05, 3.63) is 41.0 Å². The minimum absolute atomic E-state index is 0.0131. The summed E-state index contributed by atoms with van der Waals surface area (Å²) in [5.41, 5.74) is 3.04. The number of esters is 1. The zero-order valence-electron chi connectivity index (χ0n) is 21.7. The Morgan fingerprint density at radius 2 is 1.73 bits per heavy atom. The van der Waals surface area contributed by atoms with Crippen molar-refractivity contribution in [3.8, 4) is 28.7 Å². The number of carbonyl (C=O) groups is 1. The zero-order chi connectivity index (χ0) is 25.8. The second-order valence-electron chi connectivity index (χ2n) is 10.6. The molecule has 2 aromatic carbocycles. The molecule has 0 aromatic heterocycles. The molecule has 4 aliphatic rings. The average molecular weight is 511 g/mol. The summed E-state index contributed by atoms with van der Waals surface area (Å²) in [5.74, 6) is 1.22. The van der Waals surface area contributed by atoms with Gasteiger partial charge >= 0.3 is 5.97 Å². The van der Waals surface area contributed by atoms with Gasteiger partial charge in [-0.1, -0.05) is 0 Å². The third-order valence-corrected chi connectivity index (χ3v) is 8.41. The van der Waals surface area contributed by atoms with Crippen LogP contribution < -0.4 is 18.9 Å². The van der Waals surface area contributed by atoms with E-state index in [-0.39, 0.29) is 48.4 Å². The highest BCUT2D eigenvalue weighted by Crippen LogP contribution is 2.59. The zero-order valence-corrected chi connectivity index (χ0v) is 21.7. The molecular weight excluding hydrogens is 476 g/mol. The Morgan fingerprint density at radius 1 is 1.05 bits per heavy atom. The highest BCUT2D eigenvalue weighted by atomic mass is 16.7. The van der Waals surface area contributed by atoms with Crippen molar-refractivity contribution in [2.45, 2.75) is 30.9 Å². The summed E-state index contributed by atoms with van der Waals surface area (Å²) in [7, 11) is 7.14. The number of aromatic hydroxyl groups is 1. The van der Waals surface area contributed by atoms with E-state index < -0.39 is 0 Å². The monoisotopic (exact) mass is 510 g/mol. The number of phenolic OH excluding ortho intramolecular Hbond substituents is 1. The molecule has 6 rings (SSSR count). The number of phenols is 1. The van der Waals surface area contributed by atoms with E-state index in [2.05, 4.69) is 30.0 Å². The second-order valence-corrected chi connectivity index (χ2v) is 10.6. The lowest BCUT2D eigenvalue weighted by atomic mass is 9.61. The highest BCUT2D eigenvalue weighted by molar-refractivity contribution is 5.79. The maximum Gasteiger partial charge on any atom is 0.311 e. The van der Waals surface area contributed by atoms with E-state index in [0.717, 1.165) is 49.4 Å². The van der Waals surface area contributed by atoms with Crippen LogP contribution in [0, 0.1) is 11.8 Å². The van der Waals surface area contributed by atoms with Gasteiger partial charge in [0, 0.05) is 31.5 Å². The van der Waals surface area contributed by atoms with E-state index >= 15 is 0 Å². The Hall–Kier alpha value is -3.17. The van der Waals surface area contributed by atoms with Gasteiger partial charge < -0.3 is 33.7 Å². The van der Waals surface area contributed by atoms with Gasteiger partial charge in [-0.25, -0.2) is 0 Å². The van der Waals surface area contributed by atoms with Gasteiger partial charge in [0.15, 0.2) is 29.2 Å². The van der Waals surface area contributed by atoms with Crippen molar-refractivity contribution >= 4 is 5.97 Å². The number of methoxy groups -OCH3 is 2. The standard InChI is InChI=1S/C28H34N2O7/c1-29(2)8-9-30-7-5-6-16-17-12-19-20(36-14-35-19)13-18(17)23(25-24(16)27(30)37-28(25)32)15-10-21(33-3)26(31)22(11-15)34-4/h10-13,16,23-25,27,31H,5-9,14H2,1-4H3/t16-,23?,24-,25-,27?/m1/s1. The number of likely N-dealkylation sites (N-methyl/N-ethyl adjacent to an activating group) is 1. The van der Waals surface area contributed by atoms with Crippen molar-refractivity contribution in [2.75, 3.05) is 54.7 Å².